The van der Waals surface area contributed by atoms with Gasteiger partial charge in [-0.15, -0.1) is 0 Å². The van der Waals surface area contributed by atoms with Gasteiger partial charge in [0, 0.05) is 38.3 Å². The lowest BCUT2D eigenvalue weighted by Gasteiger charge is -2.27. The second-order valence-electron chi connectivity index (χ2n) is 6.12. The molecular formula is C17H23N3O2. The van der Waals surface area contributed by atoms with Crippen LogP contribution in [0.1, 0.15) is 35.2 Å². The first-order valence-corrected chi connectivity index (χ1v) is 8.11. The predicted octanol–water partition coefficient (Wildman–Crippen LogP) is 1.15. The molecule has 2 heterocycles. The maximum Gasteiger partial charge on any atom is 0.253 e. The SMILES string of the molecule is O=C(NCc1ccc(C(=O)N2CCCCC2)cc1)C1CNC1. The number of hydrogen-bond acceptors (Lipinski definition) is 3. The summed E-state index contributed by atoms with van der Waals surface area (Å²) in [5.41, 5.74) is 1.76. The minimum atomic E-state index is 0.104. The van der Waals surface area contributed by atoms with Crippen molar-refractivity contribution in [2.45, 2.75) is 25.8 Å². The average molecular weight is 301 g/mol. The van der Waals surface area contributed by atoms with Gasteiger partial charge < -0.3 is 15.5 Å². The Balaban J connectivity index is 1.53. The van der Waals surface area contributed by atoms with Crippen molar-refractivity contribution in [2.75, 3.05) is 26.2 Å². The third-order valence-electron chi connectivity index (χ3n) is 4.46. The Labute approximate surface area is 131 Å². The second kappa shape index (κ2) is 6.92. The molecule has 22 heavy (non-hydrogen) atoms. The first kappa shape index (κ1) is 15.0. The summed E-state index contributed by atoms with van der Waals surface area (Å²) >= 11 is 0. The fourth-order valence-electron chi connectivity index (χ4n) is 2.85. The summed E-state index contributed by atoms with van der Waals surface area (Å²) in [5.74, 6) is 0.336. The predicted molar refractivity (Wildman–Crippen MR) is 84.4 cm³/mol. The number of likely N-dealkylation sites (tertiary alicyclic amines) is 1. The normalized spacial score (nSPS) is 18.6. The van der Waals surface area contributed by atoms with Gasteiger partial charge in [0.15, 0.2) is 0 Å². The summed E-state index contributed by atoms with van der Waals surface area (Å²) in [6.07, 6.45) is 3.43. The van der Waals surface area contributed by atoms with E-state index in [0.29, 0.717) is 6.54 Å². The molecule has 2 fully saturated rings. The largest absolute Gasteiger partial charge is 0.352 e. The second-order valence-corrected chi connectivity index (χ2v) is 6.12. The minimum Gasteiger partial charge on any atom is -0.352 e. The Morgan fingerprint density at radius 1 is 1.09 bits per heavy atom. The Kier molecular flexibility index (Phi) is 4.73. The summed E-state index contributed by atoms with van der Waals surface area (Å²) in [6, 6.07) is 7.58. The van der Waals surface area contributed by atoms with Gasteiger partial charge in [0.1, 0.15) is 0 Å². The van der Waals surface area contributed by atoms with E-state index in [4.69, 9.17) is 0 Å². The van der Waals surface area contributed by atoms with Crippen LogP contribution in [-0.2, 0) is 11.3 Å². The first-order valence-electron chi connectivity index (χ1n) is 8.11. The molecule has 5 nitrogen and oxygen atoms in total. The minimum absolute atomic E-state index is 0.104. The summed E-state index contributed by atoms with van der Waals surface area (Å²) in [7, 11) is 0. The summed E-state index contributed by atoms with van der Waals surface area (Å²) < 4.78 is 0. The van der Waals surface area contributed by atoms with Crippen molar-refractivity contribution in [3.05, 3.63) is 35.4 Å². The Morgan fingerprint density at radius 2 is 1.77 bits per heavy atom. The molecule has 3 rings (SSSR count). The molecule has 2 aliphatic heterocycles. The van der Waals surface area contributed by atoms with E-state index in [1.165, 1.54) is 6.42 Å². The van der Waals surface area contributed by atoms with Crippen molar-refractivity contribution < 1.29 is 9.59 Å². The fourth-order valence-corrected chi connectivity index (χ4v) is 2.85. The van der Waals surface area contributed by atoms with E-state index in [0.717, 1.165) is 50.1 Å². The van der Waals surface area contributed by atoms with Crippen molar-refractivity contribution in [1.29, 1.82) is 0 Å². The highest BCUT2D eigenvalue weighted by molar-refractivity contribution is 5.94. The summed E-state index contributed by atoms with van der Waals surface area (Å²) in [6.45, 7) is 3.80. The monoisotopic (exact) mass is 301 g/mol. The Morgan fingerprint density at radius 3 is 2.36 bits per heavy atom. The smallest absolute Gasteiger partial charge is 0.253 e. The number of rotatable bonds is 4. The molecule has 0 aliphatic carbocycles. The number of piperidine rings is 1. The topological polar surface area (TPSA) is 61.4 Å². The Bertz CT molecular complexity index is 531. The molecule has 0 aromatic heterocycles. The zero-order valence-corrected chi connectivity index (χ0v) is 12.8. The van der Waals surface area contributed by atoms with Crippen molar-refractivity contribution in [1.82, 2.24) is 15.5 Å². The molecule has 2 amide bonds. The fraction of sp³-hybridized carbons (Fsp3) is 0.529. The highest BCUT2D eigenvalue weighted by Crippen LogP contribution is 2.14. The van der Waals surface area contributed by atoms with E-state index in [2.05, 4.69) is 10.6 Å². The van der Waals surface area contributed by atoms with Crippen LogP contribution in [0.3, 0.4) is 0 Å². The molecule has 0 radical (unpaired) electrons. The number of carbonyl (C=O) groups excluding carboxylic acids is 2. The van der Waals surface area contributed by atoms with Crippen LogP contribution in [0.2, 0.25) is 0 Å². The van der Waals surface area contributed by atoms with E-state index in [9.17, 15) is 9.59 Å². The van der Waals surface area contributed by atoms with Crippen molar-refractivity contribution in [2.24, 2.45) is 5.92 Å². The van der Waals surface area contributed by atoms with Gasteiger partial charge in [0.25, 0.3) is 5.91 Å². The molecule has 0 saturated carbocycles. The molecule has 1 aromatic rings. The molecule has 0 unspecified atom stereocenters. The molecule has 0 atom stereocenters. The van der Waals surface area contributed by atoms with Gasteiger partial charge in [-0.2, -0.15) is 0 Å². The van der Waals surface area contributed by atoms with Gasteiger partial charge in [-0.3, -0.25) is 9.59 Å². The molecular weight excluding hydrogens is 278 g/mol. The first-order chi connectivity index (χ1) is 10.7. The maximum atomic E-state index is 12.4. The van der Waals surface area contributed by atoms with Crippen LogP contribution in [0, 0.1) is 5.92 Å². The molecule has 2 aliphatic rings. The number of amides is 2. The van der Waals surface area contributed by atoms with Crippen LogP contribution < -0.4 is 10.6 Å². The number of benzene rings is 1. The third-order valence-corrected chi connectivity index (χ3v) is 4.46. The molecule has 5 heteroatoms. The standard InChI is InChI=1S/C17H23N3O2/c21-16(15-11-18-12-15)19-10-13-4-6-14(7-5-13)17(22)20-8-2-1-3-9-20/h4-7,15,18H,1-3,8-12H2,(H,19,21). The van der Waals surface area contributed by atoms with E-state index in [1.54, 1.807) is 0 Å². The zero-order chi connectivity index (χ0) is 15.4. The van der Waals surface area contributed by atoms with Gasteiger partial charge >= 0.3 is 0 Å². The maximum absolute atomic E-state index is 12.4. The van der Waals surface area contributed by atoms with E-state index in [1.807, 2.05) is 29.2 Å². The lowest BCUT2D eigenvalue weighted by Crippen LogP contribution is -2.50. The molecule has 1 aromatic carbocycles. The third kappa shape index (κ3) is 3.47. The van der Waals surface area contributed by atoms with E-state index in [-0.39, 0.29) is 17.7 Å². The highest BCUT2D eigenvalue weighted by Gasteiger charge is 2.24. The van der Waals surface area contributed by atoms with Gasteiger partial charge in [-0.1, -0.05) is 12.1 Å². The van der Waals surface area contributed by atoms with Gasteiger partial charge in [0.2, 0.25) is 5.91 Å². The van der Waals surface area contributed by atoms with E-state index < -0.39 is 0 Å². The molecule has 2 N–H and O–H groups in total. The number of nitrogens with zero attached hydrogens (tertiary/aromatic N) is 1. The van der Waals surface area contributed by atoms with E-state index >= 15 is 0 Å². The highest BCUT2D eigenvalue weighted by atomic mass is 16.2. The lowest BCUT2D eigenvalue weighted by atomic mass is 10.0. The van der Waals surface area contributed by atoms with Gasteiger partial charge in [0.05, 0.1) is 5.92 Å². The van der Waals surface area contributed by atoms with Crippen LogP contribution in [0.4, 0.5) is 0 Å². The van der Waals surface area contributed by atoms with Crippen molar-refractivity contribution in [3.63, 3.8) is 0 Å². The molecule has 0 spiro atoms. The van der Waals surface area contributed by atoms with Crippen molar-refractivity contribution >= 4 is 11.8 Å². The summed E-state index contributed by atoms with van der Waals surface area (Å²) in [4.78, 5) is 26.1. The van der Waals surface area contributed by atoms with Crippen molar-refractivity contribution in [3.8, 4) is 0 Å². The Hall–Kier alpha value is -1.88. The lowest BCUT2D eigenvalue weighted by molar-refractivity contribution is -0.126. The average Bonchev–Trinajstić information content (AvgIpc) is 2.52. The molecule has 0 bridgehead atoms. The van der Waals surface area contributed by atoms with Crippen LogP contribution >= 0.6 is 0 Å². The molecule has 118 valence electrons. The quantitative estimate of drug-likeness (QED) is 0.877. The van der Waals surface area contributed by atoms with Gasteiger partial charge in [-0.25, -0.2) is 0 Å². The number of carbonyl (C=O) groups is 2. The van der Waals surface area contributed by atoms with Crippen LogP contribution in [0.15, 0.2) is 24.3 Å². The zero-order valence-electron chi connectivity index (χ0n) is 12.8. The molecule has 2 saturated heterocycles. The van der Waals surface area contributed by atoms with Crippen LogP contribution in [0.5, 0.6) is 0 Å². The van der Waals surface area contributed by atoms with Gasteiger partial charge in [-0.05, 0) is 37.0 Å². The number of nitrogens with one attached hydrogen (secondary N) is 2. The number of hydrogen-bond donors (Lipinski definition) is 2. The van der Waals surface area contributed by atoms with Crippen LogP contribution in [-0.4, -0.2) is 42.9 Å². The summed E-state index contributed by atoms with van der Waals surface area (Å²) in [5, 5.41) is 6.03. The van der Waals surface area contributed by atoms with Crippen LogP contribution in [0.25, 0.3) is 0 Å².